The zero-order chi connectivity index (χ0) is 16.8. The van der Waals surface area contributed by atoms with Gasteiger partial charge >= 0.3 is 0 Å². The lowest BCUT2D eigenvalue weighted by Gasteiger charge is -2.36. The fourth-order valence-corrected chi connectivity index (χ4v) is 3.13. The first kappa shape index (κ1) is 16.8. The molecule has 4 nitrogen and oxygen atoms in total. The number of rotatable bonds is 5. The summed E-state index contributed by atoms with van der Waals surface area (Å²) in [5.41, 5.74) is 1.06. The molecule has 0 bridgehead atoms. The maximum atomic E-state index is 12.6. The number of amides is 1. The van der Waals surface area contributed by atoms with E-state index in [-0.39, 0.29) is 11.9 Å². The Kier molecular flexibility index (Phi) is 5.72. The van der Waals surface area contributed by atoms with E-state index in [4.69, 9.17) is 16.3 Å². The van der Waals surface area contributed by atoms with Crippen LogP contribution in [0.4, 0.5) is 0 Å². The minimum atomic E-state index is 0.0154. The van der Waals surface area contributed by atoms with Crippen molar-refractivity contribution in [2.24, 2.45) is 0 Å². The SMILES string of the molecule is O=C(CCOc1ccccc1)N1CCNCC1c1cccc(Cl)c1. The molecule has 5 heteroatoms. The summed E-state index contributed by atoms with van der Waals surface area (Å²) in [6.07, 6.45) is 0.367. The van der Waals surface area contributed by atoms with Gasteiger partial charge in [-0.1, -0.05) is 41.9 Å². The van der Waals surface area contributed by atoms with Crippen LogP contribution in [0.5, 0.6) is 5.75 Å². The molecule has 3 rings (SSSR count). The zero-order valence-electron chi connectivity index (χ0n) is 13.5. The Balaban J connectivity index is 1.61. The molecule has 0 aromatic heterocycles. The first-order chi connectivity index (χ1) is 11.7. The molecule has 1 N–H and O–H groups in total. The van der Waals surface area contributed by atoms with Crippen LogP contribution in [0.3, 0.4) is 0 Å². The lowest BCUT2D eigenvalue weighted by Crippen LogP contribution is -2.48. The molecule has 1 unspecified atom stereocenters. The van der Waals surface area contributed by atoms with Crippen LogP contribution in [-0.2, 0) is 4.79 Å². The van der Waals surface area contributed by atoms with Crippen molar-refractivity contribution in [3.8, 4) is 5.75 Å². The van der Waals surface area contributed by atoms with Crippen molar-refractivity contribution in [2.75, 3.05) is 26.2 Å². The first-order valence-electron chi connectivity index (χ1n) is 8.17. The van der Waals surface area contributed by atoms with Gasteiger partial charge in [0.25, 0.3) is 0 Å². The average Bonchev–Trinajstić information content (AvgIpc) is 2.62. The van der Waals surface area contributed by atoms with Gasteiger partial charge in [0.1, 0.15) is 5.75 Å². The van der Waals surface area contributed by atoms with Crippen LogP contribution in [0.25, 0.3) is 0 Å². The maximum absolute atomic E-state index is 12.6. The fourth-order valence-electron chi connectivity index (χ4n) is 2.93. The summed E-state index contributed by atoms with van der Waals surface area (Å²) in [4.78, 5) is 14.6. The topological polar surface area (TPSA) is 41.6 Å². The third-order valence-electron chi connectivity index (χ3n) is 4.13. The number of benzene rings is 2. The summed E-state index contributed by atoms with van der Waals surface area (Å²) in [5, 5.41) is 4.04. The molecule has 2 aromatic rings. The summed E-state index contributed by atoms with van der Waals surface area (Å²) in [5.74, 6) is 0.898. The molecule has 2 aromatic carbocycles. The molecular formula is C19H21ClN2O2. The standard InChI is InChI=1S/C19H21ClN2O2/c20-16-6-4-5-15(13-16)18-14-21-10-11-22(18)19(23)9-12-24-17-7-2-1-3-8-17/h1-8,13,18,21H,9-12,14H2. The summed E-state index contributed by atoms with van der Waals surface area (Å²) in [7, 11) is 0. The number of ether oxygens (including phenoxy) is 1. The van der Waals surface area contributed by atoms with E-state index in [1.54, 1.807) is 0 Å². The van der Waals surface area contributed by atoms with E-state index in [9.17, 15) is 4.79 Å². The molecule has 1 saturated heterocycles. The number of nitrogens with zero attached hydrogens (tertiary/aromatic N) is 1. The van der Waals surface area contributed by atoms with Gasteiger partial charge in [-0.3, -0.25) is 4.79 Å². The highest BCUT2D eigenvalue weighted by Crippen LogP contribution is 2.25. The van der Waals surface area contributed by atoms with E-state index < -0.39 is 0 Å². The number of hydrogen-bond donors (Lipinski definition) is 1. The smallest absolute Gasteiger partial charge is 0.226 e. The highest BCUT2D eigenvalue weighted by molar-refractivity contribution is 6.30. The molecule has 1 aliphatic rings. The Morgan fingerprint density at radius 3 is 2.83 bits per heavy atom. The Bertz CT molecular complexity index is 678. The number of halogens is 1. The van der Waals surface area contributed by atoms with E-state index in [0.717, 1.165) is 24.4 Å². The van der Waals surface area contributed by atoms with E-state index in [0.29, 0.717) is 24.6 Å². The van der Waals surface area contributed by atoms with Crippen LogP contribution in [-0.4, -0.2) is 37.0 Å². The Labute approximate surface area is 147 Å². The number of nitrogens with one attached hydrogen (secondary N) is 1. The minimum Gasteiger partial charge on any atom is -0.493 e. The second kappa shape index (κ2) is 8.18. The van der Waals surface area contributed by atoms with Gasteiger partial charge in [-0.05, 0) is 29.8 Å². The number of hydrogen-bond acceptors (Lipinski definition) is 3. The lowest BCUT2D eigenvalue weighted by atomic mass is 10.0. The molecule has 126 valence electrons. The molecule has 1 heterocycles. The Hall–Kier alpha value is -2.04. The van der Waals surface area contributed by atoms with E-state index >= 15 is 0 Å². The number of para-hydroxylation sites is 1. The number of piperazine rings is 1. The Morgan fingerprint density at radius 1 is 1.21 bits per heavy atom. The third-order valence-corrected chi connectivity index (χ3v) is 4.36. The van der Waals surface area contributed by atoms with Gasteiger partial charge in [0.2, 0.25) is 5.91 Å². The lowest BCUT2D eigenvalue weighted by molar-refractivity contribution is -0.135. The van der Waals surface area contributed by atoms with Gasteiger partial charge in [-0.15, -0.1) is 0 Å². The molecule has 1 fully saturated rings. The van der Waals surface area contributed by atoms with Crippen molar-refractivity contribution in [3.05, 3.63) is 65.2 Å². The predicted octanol–water partition coefficient (Wildman–Crippen LogP) is 3.28. The molecular weight excluding hydrogens is 324 g/mol. The molecule has 1 amide bonds. The third kappa shape index (κ3) is 4.28. The van der Waals surface area contributed by atoms with Crippen LogP contribution < -0.4 is 10.1 Å². The van der Waals surface area contributed by atoms with Crippen LogP contribution in [0.2, 0.25) is 5.02 Å². The highest BCUT2D eigenvalue weighted by atomic mass is 35.5. The van der Waals surface area contributed by atoms with Crippen molar-refractivity contribution >= 4 is 17.5 Å². The fraction of sp³-hybridized carbons (Fsp3) is 0.316. The van der Waals surface area contributed by atoms with Crippen LogP contribution in [0.15, 0.2) is 54.6 Å². The molecule has 24 heavy (non-hydrogen) atoms. The van der Waals surface area contributed by atoms with Gasteiger partial charge in [0.05, 0.1) is 19.1 Å². The second-order valence-electron chi connectivity index (χ2n) is 5.77. The van der Waals surface area contributed by atoms with Gasteiger partial charge in [0, 0.05) is 24.7 Å². The van der Waals surface area contributed by atoms with E-state index in [1.165, 1.54) is 0 Å². The van der Waals surface area contributed by atoms with Gasteiger partial charge in [-0.25, -0.2) is 0 Å². The highest BCUT2D eigenvalue weighted by Gasteiger charge is 2.27. The van der Waals surface area contributed by atoms with Crippen molar-refractivity contribution in [3.63, 3.8) is 0 Å². The molecule has 0 saturated carbocycles. The zero-order valence-corrected chi connectivity index (χ0v) is 14.2. The summed E-state index contributed by atoms with van der Waals surface area (Å²) < 4.78 is 5.64. The minimum absolute atomic E-state index is 0.0154. The summed E-state index contributed by atoms with van der Waals surface area (Å²) in [6.45, 7) is 2.63. The predicted molar refractivity (Wildman–Crippen MR) is 95.3 cm³/mol. The van der Waals surface area contributed by atoms with Gasteiger partial charge < -0.3 is 15.0 Å². The van der Waals surface area contributed by atoms with Crippen LogP contribution in [0.1, 0.15) is 18.0 Å². The maximum Gasteiger partial charge on any atom is 0.226 e. The van der Waals surface area contributed by atoms with Crippen molar-refractivity contribution in [2.45, 2.75) is 12.5 Å². The monoisotopic (exact) mass is 344 g/mol. The first-order valence-corrected chi connectivity index (χ1v) is 8.55. The van der Waals surface area contributed by atoms with Crippen LogP contribution in [0, 0.1) is 0 Å². The Morgan fingerprint density at radius 2 is 2.04 bits per heavy atom. The van der Waals surface area contributed by atoms with Crippen molar-refractivity contribution in [1.29, 1.82) is 0 Å². The second-order valence-corrected chi connectivity index (χ2v) is 6.21. The normalized spacial score (nSPS) is 17.5. The number of carbonyl (C=O) groups is 1. The molecule has 1 aliphatic heterocycles. The summed E-state index contributed by atoms with van der Waals surface area (Å²) >= 11 is 6.10. The molecule has 0 spiro atoms. The molecule has 0 aliphatic carbocycles. The molecule has 1 atom stereocenters. The quantitative estimate of drug-likeness (QED) is 0.905. The van der Waals surface area contributed by atoms with Gasteiger partial charge in [-0.2, -0.15) is 0 Å². The molecule has 0 radical (unpaired) electrons. The van der Waals surface area contributed by atoms with E-state index in [2.05, 4.69) is 5.32 Å². The van der Waals surface area contributed by atoms with Crippen molar-refractivity contribution < 1.29 is 9.53 Å². The van der Waals surface area contributed by atoms with Crippen LogP contribution >= 0.6 is 11.6 Å². The van der Waals surface area contributed by atoms with Crippen molar-refractivity contribution in [1.82, 2.24) is 10.2 Å². The van der Waals surface area contributed by atoms with E-state index in [1.807, 2.05) is 59.5 Å². The average molecular weight is 345 g/mol. The largest absolute Gasteiger partial charge is 0.493 e. The summed E-state index contributed by atoms with van der Waals surface area (Å²) in [6, 6.07) is 17.3. The number of carbonyl (C=O) groups excluding carboxylic acids is 1. The van der Waals surface area contributed by atoms with Gasteiger partial charge in [0.15, 0.2) is 0 Å².